The van der Waals surface area contributed by atoms with Gasteiger partial charge in [0, 0.05) is 6.61 Å². The molecule has 1 aliphatic rings. The van der Waals surface area contributed by atoms with Crippen molar-refractivity contribution in [2.24, 2.45) is 0 Å². The largest absolute Gasteiger partial charge is 0.378 e. The van der Waals surface area contributed by atoms with Crippen LogP contribution in [0.5, 0.6) is 0 Å². The smallest absolute Gasteiger partial charge is 0.0748 e. The lowest BCUT2D eigenvalue weighted by molar-refractivity contribution is 0.121. The Morgan fingerprint density at radius 3 is 2.87 bits per heavy atom. The molecule has 82 valence electrons. The van der Waals surface area contributed by atoms with Gasteiger partial charge in [-0.15, -0.1) is 0 Å². The molecule has 0 bridgehead atoms. The maximum Gasteiger partial charge on any atom is 0.0748 e. The average molecular weight is 226 g/mol. The first-order valence-electron chi connectivity index (χ1n) is 5.31. The Morgan fingerprint density at radius 2 is 2.27 bits per heavy atom. The van der Waals surface area contributed by atoms with Crippen molar-refractivity contribution in [2.45, 2.75) is 32.4 Å². The van der Waals surface area contributed by atoms with Crippen LogP contribution < -0.4 is 5.32 Å². The highest BCUT2D eigenvalue weighted by molar-refractivity contribution is 6.33. The standard InChI is InChI=1S/C12H16ClNO/c1-8-4-3-5-10(13)12(8)14-11-6-7-15-9(11)2/h3-5,9,11,14H,6-7H2,1-2H3. The van der Waals surface area contributed by atoms with E-state index in [1.807, 2.05) is 12.1 Å². The summed E-state index contributed by atoms with van der Waals surface area (Å²) in [5, 5.41) is 4.26. The van der Waals surface area contributed by atoms with Crippen LogP contribution in [0.25, 0.3) is 0 Å². The molecule has 0 saturated carbocycles. The molecule has 1 aromatic carbocycles. The Morgan fingerprint density at radius 1 is 1.47 bits per heavy atom. The van der Waals surface area contributed by atoms with Crippen LogP contribution in [-0.2, 0) is 4.74 Å². The van der Waals surface area contributed by atoms with Gasteiger partial charge in [0.2, 0.25) is 0 Å². The first kappa shape index (κ1) is 10.8. The molecule has 2 atom stereocenters. The van der Waals surface area contributed by atoms with E-state index in [1.165, 1.54) is 5.56 Å². The van der Waals surface area contributed by atoms with Crippen LogP contribution in [-0.4, -0.2) is 18.8 Å². The third kappa shape index (κ3) is 2.27. The zero-order chi connectivity index (χ0) is 10.8. The van der Waals surface area contributed by atoms with Gasteiger partial charge in [-0.2, -0.15) is 0 Å². The lowest BCUT2D eigenvalue weighted by Crippen LogP contribution is -2.27. The van der Waals surface area contributed by atoms with Gasteiger partial charge in [-0.25, -0.2) is 0 Å². The van der Waals surface area contributed by atoms with Gasteiger partial charge in [0.05, 0.1) is 22.9 Å². The molecule has 1 N–H and O–H groups in total. The van der Waals surface area contributed by atoms with E-state index < -0.39 is 0 Å². The van der Waals surface area contributed by atoms with Gasteiger partial charge in [0.1, 0.15) is 0 Å². The molecule has 0 spiro atoms. The Bertz CT molecular complexity index is 333. The van der Waals surface area contributed by atoms with Crippen molar-refractivity contribution in [2.75, 3.05) is 11.9 Å². The van der Waals surface area contributed by atoms with E-state index in [1.54, 1.807) is 0 Å². The number of anilines is 1. The van der Waals surface area contributed by atoms with Crippen LogP contribution in [0, 0.1) is 6.92 Å². The fourth-order valence-electron chi connectivity index (χ4n) is 1.92. The number of para-hydroxylation sites is 1. The predicted molar refractivity (Wildman–Crippen MR) is 63.6 cm³/mol. The first-order valence-corrected chi connectivity index (χ1v) is 5.69. The van der Waals surface area contributed by atoms with Gasteiger partial charge < -0.3 is 10.1 Å². The zero-order valence-electron chi connectivity index (χ0n) is 9.09. The summed E-state index contributed by atoms with van der Waals surface area (Å²) in [6, 6.07) is 6.33. The number of hydrogen-bond donors (Lipinski definition) is 1. The van der Waals surface area contributed by atoms with Crippen LogP contribution >= 0.6 is 11.6 Å². The van der Waals surface area contributed by atoms with Gasteiger partial charge in [-0.05, 0) is 31.9 Å². The number of benzene rings is 1. The van der Waals surface area contributed by atoms with E-state index in [0.717, 1.165) is 23.7 Å². The summed E-state index contributed by atoms with van der Waals surface area (Å²) in [7, 11) is 0. The van der Waals surface area contributed by atoms with Crippen molar-refractivity contribution in [1.29, 1.82) is 0 Å². The molecule has 15 heavy (non-hydrogen) atoms. The Hall–Kier alpha value is -0.730. The molecule has 0 amide bonds. The fourth-order valence-corrected chi connectivity index (χ4v) is 2.20. The van der Waals surface area contributed by atoms with E-state index in [0.29, 0.717) is 6.04 Å². The quantitative estimate of drug-likeness (QED) is 0.835. The molecule has 1 aromatic rings. The summed E-state index contributed by atoms with van der Waals surface area (Å²) in [6.45, 7) is 4.99. The maximum atomic E-state index is 6.15. The molecule has 0 aliphatic carbocycles. The summed E-state index contributed by atoms with van der Waals surface area (Å²) >= 11 is 6.15. The minimum absolute atomic E-state index is 0.265. The van der Waals surface area contributed by atoms with Gasteiger partial charge in [0.25, 0.3) is 0 Å². The van der Waals surface area contributed by atoms with Gasteiger partial charge in [-0.3, -0.25) is 0 Å². The molecule has 0 radical (unpaired) electrons. The molecule has 2 rings (SSSR count). The maximum absolute atomic E-state index is 6.15. The lowest BCUT2D eigenvalue weighted by atomic mass is 10.1. The molecule has 1 aliphatic heterocycles. The van der Waals surface area contributed by atoms with Crippen molar-refractivity contribution >= 4 is 17.3 Å². The molecular weight excluding hydrogens is 210 g/mol. The highest BCUT2D eigenvalue weighted by Crippen LogP contribution is 2.28. The molecule has 2 nitrogen and oxygen atoms in total. The van der Waals surface area contributed by atoms with E-state index in [2.05, 4.69) is 25.2 Å². The van der Waals surface area contributed by atoms with Crippen LogP contribution in [0.4, 0.5) is 5.69 Å². The van der Waals surface area contributed by atoms with E-state index in [-0.39, 0.29) is 6.10 Å². The Labute approximate surface area is 95.6 Å². The predicted octanol–water partition coefficient (Wildman–Crippen LogP) is 3.24. The van der Waals surface area contributed by atoms with Crippen molar-refractivity contribution in [1.82, 2.24) is 0 Å². The molecular formula is C12H16ClNO. The molecule has 1 fully saturated rings. The van der Waals surface area contributed by atoms with E-state index >= 15 is 0 Å². The second-order valence-electron chi connectivity index (χ2n) is 4.05. The second-order valence-corrected chi connectivity index (χ2v) is 4.45. The highest BCUT2D eigenvalue weighted by Gasteiger charge is 2.24. The Balaban J connectivity index is 2.16. The minimum Gasteiger partial charge on any atom is -0.378 e. The van der Waals surface area contributed by atoms with Crippen molar-refractivity contribution in [3.05, 3.63) is 28.8 Å². The zero-order valence-corrected chi connectivity index (χ0v) is 9.84. The summed E-state index contributed by atoms with van der Waals surface area (Å²) in [5.74, 6) is 0. The monoisotopic (exact) mass is 225 g/mol. The van der Waals surface area contributed by atoms with Crippen molar-refractivity contribution in [3.63, 3.8) is 0 Å². The SMILES string of the molecule is Cc1cccc(Cl)c1NC1CCOC1C. The molecule has 3 heteroatoms. The molecule has 2 unspecified atom stereocenters. The molecule has 0 aromatic heterocycles. The van der Waals surface area contributed by atoms with Gasteiger partial charge in [0.15, 0.2) is 0 Å². The first-order chi connectivity index (χ1) is 7.18. The summed E-state index contributed by atoms with van der Waals surface area (Å²) < 4.78 is 5.51. The number of aryl methyl sites for hydroxylation is 1. The number of halogens is 1. The fraction of sp³-hybridized carbons (Fsp3) is 0.500. The topological polar surface area (TPSA) is 21.3 Å². The normalized spacial score (nSPS) is 25.5. The molecule has 1 saturated heterocycles. The molecule has 1 heterocycles. The number of nitrogens with one attached hydrogen (secondary N) is 1. The van der Waals surface area contributed by atoms with E-state index in [9.17, 15) is 0 Å². The number of ether oxygens (including phenoxy) is 1. The van der Waals surface area contributed by atoms with Crippen LogP contribution in [0.2, 0.25) is 5.02 Å². The summed E-state index contributed by atoms with van der Waals surface area (Å²) in [4.78, 5) is 0. The number of rotatable bonds is 2. The van der Waals surface area contributed by atoms with Crippen LogP contribution in [0.1, 0.15) is 18.9 Å². The van der Waals surface area contributed by atoms with Crippen LogP contribution in [0.15, 0.2) is 18.2 Å². The van der Waals surface area contributed by atoms with Crippen molar-refractivity contribution in [3.8, 4) is 0 Å². The highest BCUT2D eigenvalue weighted by atomic mass is 35.5. The van der Waals surface area contributed by atoms with Gasteiger partial charge in [-0.1, -0.05) is 23.7 Å². The summed E-state index contributed by atoms with van der Waals surface area (Å²) in [5.41, 5.74) is 2.23. The van der Waals surface area contributed by atoms with Crippen molar-refractivity contribution < 1.29 is 4.74 Å². The van der Waals surface area contributed by atoms with Crippen LogP contribution in [0.3, 0.4) is 0 Å². The summed E-state index contributed by atoms with van der Waals surface area (Å²) in [6.07, 6.45) is 1.31. The third-order valence-corrected chi connectivity index (χ3v) is 3.24. The number of hydrogen-bond acceptors (Lipinski definition) is 2. The Kier molecular flexibility index (Phi) is 3.17. The second kappa shape index (κ2) is 4.42. The van der Waals surface area contributed by atoms with E-state index in [4.69, 9.17) is 16.3 Å². The third-order valence-electron chi connectivity index (χ3n) is 2.93. The average Bonchev–Trinajstić information content (AvgIpc) is 2.58. The minimum atomic E-state index is 0.265. The van der Waals surface area contributed by atoms with Gasteiger partial charge >= 0.3 is 0 Å². The lowest BCUT2D eigenvalue weighted by Gasteiger charge is -2.19.